The summed E-state index contributed by atoms with van der Waals surface area (Å²) >= 11 is 0. The molecular formula is C24H26N4O3. The van der Waals surface area contributed by atoms with Gasteiger partial charge >= 0.3 is 5.69 Å². The number of hydrogen-bond acceptors (Lipinski definition) is 4. The predicted octanol–water partition coefficient (Wildman–Crippen LogP) is 3.37. The smallest absolute Gasteiger partial charge is 0.337 e. The van der Waals surface area contributed by atoms with Gasteiger partial charge in [-0.25, -0.2) is 14.3 Å². The summed E-state index contributed by atoms with van der Waals surface area (Å²) in [5.74, 6) is 0.758. The van der Waals surface area contributed by atoms with Crippen molar-refractivity contribution in [3.63, 3.8) is 0 Å². The highest BCUT2D eigenvalue weighted by atomic mass is 16.5. The second-order valence-corrected chi connectivity index (χ2v) is 8.16. The highest BCUT2D eigenvalue weighted by molar-refractivity contribution is 5.72. The fourth-order valence-electron chi connectivity index (χ4n) is 3.70. The van der Waals surface area contributed by atoms with E-state index in [1.54, 1.807) is 19.5 Å². The lowest BCUT2D eigenvalue weighted by molar-refractivity contribution is 0.414. The third-order valence-electron chi connectivity index (χ3n) is 5.23. The lowest BCUT2D eigenvalue weighted by atomic mass is 10.1. The van der Waals surface area contributed by atoms with Crippen LogP contribution in [-0.4, -0.2) is 25.8 Å². The number of hydrogen-bond donors (Lipinski definition) is 0. The van der Waals surface area contributed by atoms with Gasteiger partial charge < -0.3 is 9.30 Å². The second kappa shape index (κ2) is 8.26. The van der Waals surface area contributed by atoms with Gasteiger partial charge in [-0.2, -0.15) is 0 Å². The van der Waals surface area contributed by atoms with Crippen molar-refractivity contribution in [1.82, 2.24) is 18.7 Å². The van der Waals surface area contributed by atoms with Gasteiger partial charge in [0, 0.05) is 19.2 Å². The first-order chi connectivity index (χ1) is 14.9. The van der Waals surface area contributed by atoms with Crippen molar-refractivity contribution >= 4 is 11.2 Å². The molecule has 0 atom stereocenters. The molecule has 4 rings (SSSR count). The molecule has 0 saturated heterocycles. The zero-order valence-corrected chi connectivity index (χ0v) is 18.2. The lowest BCUT2D eigenvalue weighted by Crippen LogP contribution is -2.41. The molecule has 0 amide bonds. The molecule has 0 saturated carbocycles. The predicted molar refractivity (Wildman–Crippen MR) is 121 cm³/mol. The minimum absolute atomic E-state index is 0.134. The highest BCUT2D eigenvalue weighted by Gasteiger charge is 2.20. The summed E-state index contributed by atoms with van der Waals surface area (Å²) in [4.78, 5) is 31.2. The first-order valence-corrected chi connectivity index (χ1v) is 10.3. The molecule has 0 unspecified atom stereocenters. The molecule has 7 heteroatoms. The van der Waals surface area contributed by atoms with Crippen LogP contribution in [0.4, 0.5) is 0 Å². The Balaban J connectivity index is 1.98. The first kappa shape index (κ1) is 20.7. The lowest BCUT2D eigenvalue weighted by Gasteiger charge is -2.14. The summed E-state index contributed by atoms with van der Waals surface area (Å²) in [6, 6.07) is 15.4. The van der Waals surface area contributed by atoms with Crippen LogP contribution in [0.15, 0.2) is 64.4 Å². The maximum absolute atomic E-state index is 13.4. The minimum Gasteiger partial charge on any atom is -0.497 e. The van der Waals surface area contributed by atoms with Crippen LogP contribution in [0, 0.1) is 12.8 Å². The highest BCUT2D eigenvalue weighted by Crippen LogP contribution is 2.19. The quantitative estimate of drug-likeness (QED) is 0.481. The van der Waals surface area contributed by atoms with E-state index in [9.17, 15) is 9.59 Å². The van der Waals surface area contributed by atoms with Crippen LogP contribution in [0.5, 0.6) is 5.75 Å². The summed E-state index contributed by atoms with van der Waals surface area (Å²) in [7, 11) is 1.58. The number of nitrogens with zero attached hydrogens (tertiary/aromatic N) is 4. The van der Waals surface area contributed by atoms with Gasteiger partial charge in [-0.3, -0.25) is 9.36 Å². The number of rotatable bonds is 6. The molecular weight excluding hydrogens is 392 g/mol. The third-order valence-corrected chi connectivity index (χ3v) is 5.23. The fourth-order valence-corrected chi connectivity index (χ4v) is 3.70. The molecule has 0 radical (unpaired) electrons. The number of imidazole rings is 1. The molecule has 7 nitrogen and oxygen atoms in total. The Hall–Kier alpha value is -3.61. The van der Waals surface area contributed by atoms with Crippen LogP contribution in [-0.2, 0) is 13.1 Å². The Labute approximate surface area is 180 Å². The van der Waals surface area contributed by atoms with Gasteiger partial charge in [0.05, 0.1) is 19.1 Å². The normalized spacial score (nSPS) is 11.4. The molecule has 2 heterocycles. The number of ether oxygens (including phenoxy) is 1. The minimum atomic E-state index is -0.403. The van der Waals surface area contributed by atoms with Crippen molar-refractivity contribution in [2.45, 2.75) is 33.9 Å². The van der Waals surface area contributed by atoms with Crippen molar-refractivity contribution in [3.8, 4) is 11.4 Å². The van der Waals surface area contributed by atoms with E-state index in [4.69, 9.17) is 4.74 Å². The Bertz CT molecular complexity index is 1340. The van der Waals surface area contributed by atoms with Gasteiger partial charge in [0.1, 0.15) is 5.75 Å². The first-order valence-electron chi connectivity index (χ1n) is 10.3. The molecule has 0 fully saturated rings. The van der Waals surface area contributed by atoms with Gasteiger partial charge in [0.25, 0.3) is 5.56 Å². The molecule has 0 aliphatic rings. The SMILES string of the molecule is COc1cccc(-n2c(=O)n(CC(C)C)c(=O)c3c2ncn3Cc2ccc(C)cc2)c1. The molecule has 160 valence electrons. The molecule has 31 heavy (non-hydrogen) atoms. The molecule has 2 aromatic carbocycles. The zero-order chi connectivity index (χ0) is 22.1. The van der Waals surface area contributed by atoms with E-state index in [2.05, 4.69) is 4.98 Å². The van der Waals surface area contributed by atoms with Crippen LogP contribution in [0.1, 0.15) is 25.0 Å². The van der Waals surface area contributed by atoms with E-state index in [1.807, 2.05) is 67.8 Å². The van der Waals surface area contributed by atoms with Gasteiger partial charge in [0.15, 0.2) is 11.2 Å². The maximum atomic E-state index is 13.4. The molecule has 0 aliphatic carbocycles. The van der Waals surface area contributed by atoms with Crippen LogP contribution in [0.3, 0.4) is 0 Å². The van der Waals surface area contributed by atoms with Gasteiger partial charge in [-0.05, 0) is 30.5 Å². The monoisotopic (exact) mass is 418 g/mol. The zero-order valence-electron chi connectivity index (χ0n) is 18.2. The standard InChI is InChI=1S/C24H26N4O3/c1-16(2)13-27-23(29)21-22(25-15-26(21)14-18-10-8-17(3)9-11-18)28(24(27)30)19-6-5-7-20(12-19)31-4/h5-12,15-16H,13-14H2,1-4H3. The maximum Gasteiger partial charge on any atom is 0.337 e. The Morgan fingerprint density at radius 2 is 1.81 bits per heavy atom. The summed E-state index contributed by atoms with van der Waals surface area (Å²) < 4.78 is 9.94. The largest absolute Gasteiger partial charge is 0.497 e. The van der Waals surface area contributed by atoms with Crippen molar-refractivity contribution in [1.29, 1.82) is 0 Å². The summed E-state index contributed by atoms with van der Waals surface area (Å²) in [6.45, 7) is 6.82. The van der Waals surface area contributed by atoms with Crippen molar-refractivity contribution in [2.24, 2.45) is 5.92 Å². The van der Waals surface area contributed by atoms with E-state index in [0.717, 1.165) is 5.56 Å². The second-order valence-electron chi connectivity index (χ2n) is 8.16. The summed E-state index contributed by atoms with van der Waals surface area (Å²) in [6.07, 6.45) is 1.63. The summed E-state index contributed by atoms with van der Waals surface area (Å²) in [5.41, 5.74) is 2.85. The number of aryl methyl sites for hydroxylation is 1. The molecule has 4 aromatic rings. The third kappa shape index (κ3) is 3.91. The van der Waals surface area contributed by atoms with E-state index >= 15 is 0 Å². The van der Waals surface area contributed by atoms with Gasteiger partial charge in [-0.15, -0.1) is 0 Å². The van der Waals surface area contributed by atoms with E-state index in [-0.39, 0.29) is 11.5 Å². The topological polar surface area (TPSA) is 71.1 Å². The van der Waals surface area contributed by atoms with Crippen LogP contribution < -0.4 is 16.0 Å². The van der Waals surface area contributed by atoms with Crippen molar-refractivity contribution < 1.29 is 4.74 Å². The average Bonchev–Trinajstić information content (AvgIpc) is 3.16. The van der Waals surface area contributed by atoms with Gasteiger partial charge in [0.2, 0.25) is 0 Å². The van der Waals surface area contributed by atoms with Crippen molar-refractivity contribution in [3.05, 3.63) is 86.8 Å². The number of methoxy groups -OCH3 is 1. The Kier molecular flexibility index (Phi) is 5.50. The van der Waals surface area contributed by atoms with Crippen LogP contribution in [0.2, 0.25) is 0 Å². The molecule has 2 aromatic heterocycles. The van der Waals surface area contributed by atoms with Gasteiger partial charge in [-0.1, -0.05) is 49.7 Å². The fraction of sp³-hybridized carbons (Fsp3) is 0.292. The molecule has 0 spiro atoms. The van der Waals surface area contributed by atoms with Crippen LogP contribution >= 0.6 is 0 Å². The van der Waals surface area contributed by atoms with E-state index in [1.165, 1.54) is 14.7 Å². The Morgan fingerprint density at radius 3 is 2.48 bits per heavy atom. The molecule has 0 N–H and O–H groups in total. The van der Waals surface area contributed by atoms with E-state index in [0.29, 0.717) is 35.7 Å². The number of benzene rings is 2. The number of aromatic nitrogens is 4. The number of fused-ring (bicyclic) bond motifs is 1. The van der Waals surface area contributed by atoms with Crippen molar-refractivity contribution in [2.75, 3.05) is 7.11 Å². The van der Waals surface area contributed by atoms with E-state index < -0.39 is 5.69 Å². The molecule has 0 aliphatic heterocycles. The average molecular weight is 418 g/mol. The Morgan fingerprint density at radius 1 is 1.06 bits per heavy atom. The molecule has 0 bridgehead atoms. The van der Waals surface area contributed by atoms with Crippen LogP contribution in [0.25, 0.3) is 16.9 Å². The summed E-state index contributed by atoms with van der Waals surface area (Å²) in [5, 5.41) is 0.